The van der Waals surface area contributed by atoms with Crippen LogP contribution in [0.25, 0.3) is 0 Å². The van der Waals surface area contributed by atoms with Gasteiger partial charge < -0.3 is 15.2 Å². The quantitative estimate of drug-likeness (QED) is 0.546. The highest BCUT2D eigenvalue weighted by atomic mass is 35.5. The lowest BCUT2D eigenvalue weighted by Gasteiger charge is -2.13. The molecule has 0 aromatic heterocycles. The molecule has 138 valence electrons. The van der Waals surface area contributed by atoms with Gasteiger partial charge >= 0.3 is 6.36 Å². The van der Waals surface area contributed by atoms with E-state index in [0.717, 1.165) is 44.2 Å². The second-order valence-corrected chi connectivity index (χ2v) is 6.18. The number of aliphatic hydroxyl groups is 1. The van der Waals surface area contributed by atoms with Crippen LogP contribution in [-0.4, -0.2) is 24.6 Å². The molecule has 0 aliphatic carbocycles. The predicted octanol–water partition coefficient (Wildman–Crippen LogP) is 4.91. The van der Waals surface area contributed by atoms with E-state index in [1.807, 2.05) is 0 Å². The van der Waals surface area contributed by atoms with Crippen LogP contribution < -0.4 is 10.1 Å². The zero-order chi connectivity index (χ0) is 18.0. The molecule has 0 saturated carbocycles. The number of unbranched alkanes of at least 4 members (excludes halogenated alkanes) is 1. The van der Waals surface area contributed by atoms with Crippen molar-refractivity contribution < 1.29 is 23.0 Å². The standard InChI is InChI=1S/C17H25ClF3NO2/c1-2-13(8-10-23)5-3-4-9-22-12-14-6-7-16(15(18)11-14)24-17(19,20)21/h6-7,11,13,22-23H,2-5,8-10,12H2,1H3. The van der Waals surface area contributed by atoms with Crippen LogP contribution in [0.1, 0.15) is 44.6 Å². The van der Waals surface area contributed by atoms with Crippen molar-refractivity contribution in [3.63, 3.8) is 0 Å². The Morgan fingerprint density at radius 3 is 2.58 bits per heavy atom. The van der Waals surface area contributed by atoms with E-state index in [1.165, 1.54) is 12.1 Å². The van der Waals surface area contributed by atoms with Crippen molar-refractivity contribution in [1.82, 2.24) is 5.32 Å². The van der Waals surface area contributed by atoms with Gasteiger partial charge in [-0.05, 0) is 43.0 Å². The fraction of sp³-hybridized carbons (Fsp3) is 0.647. The largest absolute Gasteiger partial charge is 0.573 e. The third-order valence-electron chi connectivity index (χ3n) is 3.88. The Labute approximate surface area is 146 Å². The average molecular weight is 368 g/mol. The number of halogens is 4. The maximum atomic E-state index is 12.2. The first kappa shape index (κ1) is 21.1. The van der Waals surface area contributed by atoms with Crippen molar-refractivity contribution in [1.29, 1.82) is 0 Å². The van der Waals surface area contributed by atoms with Gasteiger partial charge in [0, 0.05) is 13.2 Å². The van der Waals surface area contributed by atoms with Gasteiger partial charge in [0.2, 0.25) is 0 Å². The van der Waals surface area contributed by atoms with Gasteiger partial charge in [-0.3, -0.25) is 0 Å². The van der Waals surface area contributed by atoms with Crippen LogP contribution in [0.3, 0.4) is 0 Å². The van der Waals surface area contributed by atoms with E-state index in [9.17, 15) is 13.2 Å². The van der Waals surface area contributed by atoms with Gasteiger partial charge in [-0.2, -0.15) is 0 Å². The van der Waals surface area contributed by atoms with Gasteiger partial charge in [0.05, 0.1) is 5.02 Å². The van der Waals surface area contributed by atoms with Gasteiger partial charge in [-0.1, -0.05) is 43.9 Å². The second kappa shape index (κ2) is 10.8. The molecule has 0 aliphatic heterocycles. The Morgan fingerprint density at radius 1 is 1.25 bits per heavy atom. The Hall–Kier alpha value is -0.980. The molecule has 1 rings (SSSR count). The average Bonchev–Trinajstić information content (AvgIpc) is 2.51. The first-order valence-electron chi connectivity index (χ1n) is 8.21. The normalized spacial score (nSPS) is 13.1. The zero-order valence-electron chi connectivity index (χ0n) is 13.8. The molecular weight excluding hydrogens is 343 g/mol. The summed E-state index contributed by atoms with van der Waals surface area (Å²) in [6.07, 6.45) is 0.410. The van der Waals surface area contributed by atoms with Gasteiger partial charge in [-0.25, -0.2) is 0 Å². The SMILES string of the molecule is CCC(CCO)CCCCNCc1ccc(OC(F)(F)F)c(Cl)c1. The molecule has 0 saturated heterocycles. The molecule has 3 nitrogen and oxygen atoms in total. The first-order chi connectivity index (χ1) is 11.4. The first-order valence-corrected chi connectivity index (χ1v) is 8.59. The summed E-state index contributed by atoms with van der Waals surface area (Å²) in [5, 5.41) is 12.1. The van der Waals surface area contributed by atoms with Crippen LogP contribution in [0.5, 0.6) is 5.75 Å². The smallest absolute Gasteiger partial charge is 0.404 e. The summed E-state index contributed by atoms with van der Waals surface area (Å²) >= 11 is 5.81. The van der Waals surface area contributed by atoms with Crippen molar-refractivity contribution in [2.45, 2.75) is 51.9 Å². The van der Waals surface area contributed by atoms with Crippen molar-refractivity contribution >= 4 is 11.6 Å². The molecule has 1 aromatic rings. The van der Waals surface area contributed by atoms with E-state index in [1.54, 1.807) is 6.07 Å². The molecular formula is C17H25ClF3NO2. The minimum atomic E-state index is -4.74. The minimum Gasteiger partial charge on any atom is -0.404 e. The van der Waals surface area contributed by atoms with E-state index in [4.69, 9.17) is 16.7 Å². The number of nitrogens with one attached hydrogen (secondary N) is 1. The summed E-state index contributed by atoms with van der Waals surface area (Å²) in [5.74, 6) is 0.192. The van der Waals surface area contributed by atoms with Gasteiger partial charge in [0.1, 0.15) is 5.75 Å². The summed E-state index contributed by atoms with van der Waals surface area (Å²) in [7, 11) is 0. The van der Waals surface area contributed by atoms with Crippen LogP contribution in [0.2, 0.25) is 5.02 Å². The van der Waals surface area contributed by atoms with Gasteiger partial charge in [0.15, 0.2) is 0 Å². The van der Waals surface area contributed by atoms with Crippen LogP contribution in [-0.2, 0) is 6.54 Å². The summed E-state index contributed by atoms with van der Waals surface area (Å²) in [5.41, 5.74) is 0.807. The molecule has 1 aromatic carbocycles. The summed E-state index contributed by atoms with van der Waals surface area (Å²) in [6, 6.07) is 4.27. The van der Waals surface area contributed by atoms with Crippen LogP contribution in [0.4, 0.5) is 13.2 Å². The monoisotopic (exact) mass is 367 g/mol. The fourth-order valence-electron chi connectivity index (χ4n) is 2.51. The van der Waals surface area contributed by atoms with Crippen LogP contribution >= 0.6 is 11.6 Å². The molecule has 0 radical (unpaired) electrons. The Bertz CT molecular complexity index is 483. The molecule has 1 atom stereocenters. The van der Waals surface area contributed by atoms with E-state index in [0.29, 0.717) is 12.5 Å². The topological polar surface area (TPSA) is 41.5 Å². The minimum absolute atomic E-state index is 0.0542. The highest BCUT2D eigenvalue weighted by Gasteiger charge is 2.31. The molecule has 0 fully saturated rings. The highest BCUT2D eigenvalue weighted by molar-refractivity contribution is 6.32. The van der Waals surface area contributed by atoms with Crippen molar-refractivity contribution in [3.05, 3.63) is 28.8 Å². The maximum Gasteiger partial charge on any atom is 0.573 e. The number of aliphatic hydroxyl groups excluding tert-OH is 1. The molecule has 24 heavy (non-hydrogen) atoms. The fourth-order valence-corrected chi connectivity index (χ4v) is 2.75. The number of hydrogen-bond acceptors (Lipinski definition) is 3. The second-order valence-electron chi connectivity index (χ2n) is 5.77. The maximum absolute atomic E-state index is 12.2. The molecule has 0 heterocycles. The molecule has 7 heteroatoms. The lowest BCUT2D eigenvalue weighted by molar-refractivity contribution is -0.274. The van der Waals surface area contributed by atoms with Crippen LogP contribution in [0, 0.1) is 5.92 Å². The number of benzene rings is 1. The molecule has 0 aliphatic rings. The lowest BCUT2D eigenvalue weighted by Crippen LogP contribution is -2.18. The Balaban J connectivity index is 2.27. The predicted molar refractivity (Wildman–Crippen MR) is 89.2 cm³/mol. The molecule has 0 spiro atoms. The van der Waals surface area contributed by atoms with Crippen LogP contribution in [0.15, 0.2) is 18.2 Å². The molecule has 1 unspecified atom stereocenters. The molecule has 0 amide bonds. The highest BCUT2D eigenvalue weighted by Crippen LogP contribution is 2.30. The van der Waals surface area contributed by atoms with E-state index in [-0.39, 0.29) is 17.4 Å². The number of rotatable bonds is 11. The van der Waals surface area contributed by atoms with E-state index >= 15 is 0 Å². The van der Waals surface area contributed by atoms with Gasteiger partial charge in [0.25, 0.3) is 0 Å². The Kier molecular flexibility index (Phi) is 9.48. The summed E-state index contributed by atoms with van der Waals surface area (Å²) < 4.78 is 40.3. The molecule has 2 N–H and O–H groups in total. The third-order valence-corrected chi connectivity index (χ3v) is 4.18. The van der Waals surface area contributed by atoms with E-state index in [2.05, 4.69) is 17.0 Å². The van der Waals surface area contributed by atoms with Crippen molar-refractivity contribution in [2.24, 2.45) is 5.92 Å². The Morgan fingerprint density at radius 2 is 2.00 bits per heavy atom. The third kappa shape index (κ3) is 8.76. The molecule has 0 bridgehead atoms. The number of hydrogen-bond donors (Lipinski definition) is 2. The summed E-state index contributed by atoms with van der Waals surface area (Å²) in [4.78, 5) is 0. The van der Waals surface area contributed by atoms with Gasteiger partial charge in [-0.15, -0.1) is 13.2 Å². The van der Waals surface area contributed by atoms with Crippen molar-refractivity contribution in [3.8, 4) is 5.75 Å². The number of alkyl halides is 3. The summed E-state index contributed by atoms with van der Waals surface area (Å²) in [6.45, 7) is 3.74. The zero-order valence-corrected chi connectivity index (χ0v) is 14.6. The lowest BCUT2D eigenvalue weighted by atomic mass is 9.96. The number of ether oxygens (including phenoxy) is 1. The van der Waals surface area contributed by atoms with Crippen molar-refractivity contribution in [2.75, 3.05) is 13.2 Å². The van der Waals surface area contributed by atoms with E-state index < -0.39 is 6.36 Å².